The van der Waals surface area contributed by atoms with Crippen molar-refractivity contribution >= 4 is 15.5 Å². The van der Waals surface area contributed by atoms with Crippen molar-refractivity contribution in [1.29, 1.82) is 0 Å². The highest BCUT2D eigenvalue weighted by Gasteiger charge is 2.35. The van der Waals surface area contributed by atoms with Gasteiger partial charge in [0, 0.05) is 31.7 Å². The molecule has 0 radical (unpaired) electrons. The molecule has 2 unspecified atom stereocenters. The summed E-state index contributed by atoms with van der Waals surface area (Å²) in [6.45, 7) is 4.16. The van der Waals surface area contributed by atoms with Gasteiger partial charge in [-0.25, -0.2) is 8.42 Å². The van der Waals surface area contributed by atoms with Crippen LogP contribution in [0.4, 0.5) is 5.69 Å². The van der Waals surface area contributed by atoms with Crippen molar-refractivity contribution in [2.45, 2.75) is 50.6 Å². The molecular formula is C26H35N3O4S. The second kappa shape index (κ2) is 13.4. The molecule has 2 atom stereocenters. The van der Waals surface area contributed by atoms with Crippen LogP contribution in [0.3, 0.4) is 0 Å². The van der Waals surface area contributed by atoms with E-state index in [0.29, 0.717) is 32.7 Å². The van der Waals surface area contributed by atoms with E-state index >= 15 is 0 Å². The molecule has 3 N–H and O–H groups in total. The number of hydroxylamine groups is 1. The lowest BCUT2D eigenvalue weighted by Gasteiger charge is -2.37. The maximum absolute atomic E-state index is 13.3. The molecule has 1 aliphatic rings. The summed E-state index contributed by atoms with van der Waals surface area (Å²) in [6, 6.07) is 16.6. The summed E-state index contributed by atoms with van der Waals surface area (Å²) in [5.41, 5.74) is 3.97. The molecule has 8 heteroatoms. The monoisotopic (exact) mass is 485 g/mol. The molecule has 0 aliphatic carbocycles. The minimum atomic E-state index is -3.59. The van der Waals surface area contributed by atoms with Gasteiger partial charge in [-0.2, -0.15) is 5.48 Å². The highest BCUT2D eigenvalue weighted by atomic mass is 32.2. The average Bonchev–Trinajstić information content (AvgIpc) is 2.87. The fraction of sp³-hybridized carbons (Fsp3) is 0.462. The third-order valence-electron chi connectivity index (χ3n) is 5.76. The second-order valence-corrected chi connectivity index (χ2v) is 10.6. The highest BCUT2D eigenvalue weighted by Crippen LogP contribution is 2.25. The number of hydrogen-bond donors (Lipinski definition) is 3. The van der Waals surface area contributed by atoms with Crippen LogP contribution in [0.5, 0.6) is 5.75 Å². The Morgan fingerprint density at radius 2 is 1.94 bits per heavy atom. The van der Waals surface area contributed by atoms with Crippen LogP contribution in [0.2, 0.25) is 0 Å². The number of piperazine rings is 1. The standard InChI is InChI=1S/C26H35N3O4S/c1-2-3-4-5-9-12-23(28-30)21-34(31,32)26-19-27-17-18-29(26)24-13-15-25(16-14-24)33-20-22-10-7-6-8-11-22/h6-8,10-11,13-16,23,26-28,30H,2-5,17-21H2,1H3. The summed E-state index contributed by atoms with van der Waals surface area (Å²) in [4.78, 5) is 1.90. The van der Waals surface area contributed by atoms with Gasteiger partial charge in [0.15, 0.2) is 9.84 Å². The summed E-state index contributed by atoms with van der Waals surface area (Å²) in [5, 5.41) is 11.9. The number of unbranched alkanes of at least 4 members (excludes halogenated alkanes) is 3. The van der Waals surface area contributed by atoms with Gasteiger partial charge in [-0.1, -0.05) is 56.0 Å². The second-order valence-electron chi connectivity index (χ2n) is 8.41. The molecule has 0 saturated carbocycles. The average molecular weight is 486 g/mol. The number of anilines is 1. The maximum Gasteiger partial charge on any atom is 0.175 e. The summed E-state index contributed by atoms with van der Waals surface area (Å²) in [7, 11) is -3.59. The maximum atomic E-state index is 13.3. The number of nitrogens with zero attached hydrogens (tertiary/aromatic N) is 1. The number of rotatable bonds is 11. The summed E-state index contributed by atoms with van der Waals surface area (Å²) < 4.78 is 32.4. The van der Waals surface area contributed by atoms with Crippen molar-refractivity contribution in [3.8, 4) is 17.6 Å². The molecule has 34 heavy (non-hydrogen) atoms. The van der Waals surface area contributed by atoms with Crippen molar-refractivity contribution < 1.29 is 18.4 Å². The summed E-state index contributed by atoms with van der Waals surface area (Å²) in [5.74, 6) is 6.33. The molecule has 0 aromatic heterocycles. The Balaban J connectivity index is 1.65. The fourth-order valence-corrected chi connectivity index (χ4v) is 5.71. The van der Waals surface area contributed by atoms with Gasteiger partial charge in [0.25, 0.3) is 0 Å². The molecule has 184 valence electrons. The minimum absolute atomic E-state index is 0.259. The smallest absolute Gasteiger partial charge is 0.175 e. The molecular weight excluding hydrogens is 450 g/mol. The van der Waals surface area contributed by atoms with Crippen molar-refractivity contribution in [3.63, 3.8) is 0 Å². The molecule has 1 heterocycles. The zero-order chi connectivity index (χ0) is 24.2. The molecule has 2 aromatic rings. The first kappa shape index (κ1) is 26.0. The Bertz CT molecular complexity index is 1030. The normalized spacial score (nSPS) is 17.0. The van der Waals surface area contributed by atoms with E-state index in [-0.39, 0.29) is 5.75 Å². The number of benzene rings is 2. The Hall–Kier alpha value is -2.57. The first-order valence-electron chi connectivity index (χ1n) is 11.9. The highest BCUT2D eigenvalue weighted by molar-refractivity contribution is 7.92. The SMILES string of the molecule is CCCCCC#CC(CS(=O)(=O)C1CNCCN1c1ccc(OCc2ccccc2)cc1)NO. The van der Waals surface area contributed by atoms with Crippen LogP contribution in [0.25, 0.3) is 0 Å². The van der Waals surface area contributed by atoms with Crippen LogP contribution in [0.1, 0.15) is 38.2 Å². The zero-order valence-electron chi connectivity index (χ0n) is 19.7. The Labute approximate surface area is 203 Å². The third kappa shape index (κ3) is 7.74. The molecule has 1 saturated heterocycles. The van der Waals surface area contributed by atoms with Crippen LogP contribution >= 0.6 is 0 Å². The van der Waals surface area contributed by atoms with Crippen LogP contribution in [-0.2, 0) is 16.4 Å². The Morgan fingerprint density at radius 3 is 2.65 bits per heavy atom. The number of sulfone groups is 1. The fourth-order valence-electron chi connectivity index (χ4n) is 3.88. The molecule has 2 aromatic carbocycles. The van der Waals surface area contributed by atoms with Crippen LogP contribution in [0.15, 0.2) is 54.6 Å². The van der Waals surface area contributed by atoms with E-state index in [0.717, 1.165) is 36.3 Å². The first-order chi connectivity index (χ1) is 16.5. The lowest BCUT2D eigenvalue weighted by Crippen LogP contribution is -2.56. The van der Waals surface area contributed by atoms with Crippen LogP contribution in [-0.4, -0.2) is 50.4 Å². The van der Waals surface area contributed by atoms with Gasteiger partial charge in [0.05, 0.1) is 5.75 Å². The predicted molar refractivity (Wildman–Crippen MR) is 136 cm³/mol. The molecule has 0 amide bonds. The topological polar surface area (TPSA) is 90.9 Å². The molecule has 1 fully saturated rings. The Morgan fingerprint density at radius 1 is 1.18 bits per heavy atom. The molecule has 1 aliphatic heterocycles. The van der Waals surface area contributed by atoms with E-state index in [4.69, 9.17) is 4.74 Å². The van der Waals surface area contributed by atoms with Gasteiger partial charge in [-0.15, -0.1) is 5.92 Å². The van der Waals surface area contributed by atoms with E-state index in [2.05, 4.69) is 29.6 Å². The Kier molecular flexibility index (Phi) is 10.2. The van der Waals surface area contributed by atoms with Gasteiger partial charge >= 0.3 is 0 Å². The molecule has 0 bridgehead atoms. The van der Waals surface area contributed by atoms with Crippen molar-refractivity contribution in [1.82, 2.24) is 10.8 Å². The largest absolute Gasteiger partial charge is 0.489 e. The van der Waals surface area contributed by atoms with E-state index in [1.165, 1.54) is 0 Å². The van der Waals surface area contributed by atoms with E-state index in [9.17, 15) is 13.6 Å². The summed E-state index contributed by atoms with van der Waals surface area (Å²) >= 11 is 0. The van der Waals surface area contributed by atoms with Crippen molar-refractivity contribution in [2.24, 2.45) is 0 Å². The molecule has 0 spiro atoms. The number of ether oxygens (including phenoxy) is 1. The van der Waals surface area contributed by atoms with E-state index in [1.807, 2.05) is 59.5 Å². The van der Waals surface area contributed by atoms with Crippen LogP contribution in [0, 0.1) is 11.8 Å². The number of hydrogen-bond acceptors (Lipinski definition) is 7. The molecule has 3 rings (SSSR count). The lowest BCUT2D eigenvalue weighted by atomic mass is 10.2. The van der Waals surface area contributed by atoms with Gasteiger partial charge in [-0.3, -0.25) is 0 Å². The molecule has 7 nitrogen and oxygen atoms in total. The van der Waals surface area contributed by atoms with Crippen LogP contribution < -0.4 is 20.4 Å². The number of nitrogens with one attached hydrogen (secondary N) is 2. The van der Waals surface area contributed by atoms with Gasteiger partial charge in [-0.05, 0) is 36.2 Å². The minimum Gasteiger partial charge on any atom is -0.489 e. The third-order valence-corrected chi connectivity index (χ3v) is 7.81. The van der Waals surface area contributed by atoms with E-state index < -0.39 is 21.3 Å². The predicted octanol–water partition coefficient (Wildman–Crippen LogP) is 3.35. The zero-order valence-corrected chi connectivity index (χ0v) is 20.6. The van der Waals surface area contributed by atoms with Crippen molar-refractivity contribution in [2.75, 3.05) is 30.3 Å². The van der Waals surface area contributed by atoms with Gasteiger partial charge < -0.3 is 20.2 Å². The van der Waals surface area contributed by atoms with Gasteiger partial charge in [0.1, 0.15) is 23.8 Å². The van der Waals surface area contributed by atoms with Crippen molar-refractivity contribution in [3.05, 3.63) is 60.2 Å². The first-order valence-corrected chi connectivity index (χ1v) is 13.6. The summed E-state index contributed by atoms with van der Waals surface area (Å²) in [6.07, 6.45) is 3.85. The lowest BCUT2D eigenvalue weighted by molar-refractivity contribution is 0.153. The van der Waals surface area contributed by atoms with Gasteiger partial charge in [0.2, 0.25) is 0 Å². The quantitative estimate of drug-likeness (QED) is 0.255. The van der Waals surface area contributed by atoms with E-state index in [1.54, 1.807) is 0 Å².